The Morgan fingerprint density at radius 2 is 1.86 bits per heavy atom. The number of aromatic nitrogens is 4. The van der Waals surface area contributed by atoms with Crippen molar-refractivity contribution < 1.29 is 0 Å². The summed E-state index contributed by atoms with van der Waals surface area (Å²) in [5.41, 5.74) is 12.8. The van der Waals surface area contributed by atoms with E-state index in [4.69, 9.17) is 10.8 Å². The molecule has 1 fully saturated rings. The highest BCUT2D eigenvalue weighted by molar-refractivity contribution is 5.91. The molecule has 0 unspecified atom stereocenters. The molecule has 3 N–H and O–H groups in total. The van der Waals surface area contributed by atoms with Gasteiger partial charge in [-0.3, -0.25) is 5.10 Å². The summed E-state index contributed by atoms with van der Waals surface area (Å²) in [4.78, 5) is 0. The van der Waals surface area contributed by atoms with Crippen LogP contribution < -0.4 is 5.73 Å². The summed E-state index contributed by atoms with van der Waals surface area (Å²) in [6.07, 6.45) is 2.39. The number of rotatable bonds is 2. The second-order valence-corrected chi connectivity index (χ2v) is 6.15. The van der Waals surface area contributed by atoms with Crippen LogP contribution in [0.3, 0.4) is 0 Å². The van der Waals surface area contributed by atoms with Crippen molar-refractivity contribution in [3.05, 3.63) is 34.5 Å². The van der Waals surface area contributed by atoms with Gasteiger partial charge in [-0.25, -0.2) is 4.68 Å². The summed E-state index contributed by atoms with van der Waals surface area (Å²) < 4.78 is 1.96. The molecule has 0 saturated heterocycles. The number of fused-ring (bicyclic) bond motifs is 1. The van der Waals surface area contributed by atoms with E-state index in [0.717, 1.165) is 22.4 Å². The van der Waals surface area contributed by atoms with Gasteiger partial charge in [-0.1, -0.05) is 17.7 Å². The molecule has 1 aliphatic rings. The number of nitrogens with one attached hydrogen (secondary N) is 1. The molecule has 0 atom stereocenters. The average molecular weight is 281 g/mol. The maximum absolute atomic E-state index is 6.06. The molecule has 1 aliphatic carbocycles. The Morgan fingerprint density at radius 3 is 2.48 bits per heavy atom. The lowest BCUT2D eigenvalue weighted by molar-refractivity contribution is 0.829. The van der Waals surface area contributed by atoms with E-state index in [1.165, 1.54) is 29.5 Å². The second kappa shape index (κ2) is 4.10. The summed E-state index contributed by atoms with van der Waals surface area (Å²) in [7, 11) is 0. The average Bonchev–Trinajstić information content (AvgIpc) is 3.08. The molecule has 2 aromatic heterocycles. The number of nitrogen functional groups attached to an aromatic ring is 1. The molecule has 3 aromatic rings. The van der Waals surface area contributed by atoms with Crippen LogP contribution in [0.1, 0.15) is 41.1 Å². The van der Waals surface area contributed by atoms with Gasteiger partial charge in [0.1, 0.15) is 5.82 Å². The van der Waals surface area contributed by atoms with E-state index in [1.807, 2.05) is 4.68 Å². The Balaban J connectivity index is 2.03. The number of H-pyrrole nitrogens is 1. The summed E-state index contributed by atoms with van der Waals surface area (Å²) in [5, 5.41) is 13.1. The highest BCUT2D eigenvalue weighted by atomic mass is 15.4. The molecular weight excluding hydrogens is 262 g/mol. The molecule has 0 amide bonds. The molecule has 0 spiro atoms. The minimum Gasteiger partial charge on any atom is -0.383 e. The summed E-state index contributed by atoms with van der Waals surface area (Å²) in [5.74, 6) is 1.17. The Kier molecular flexibility index (Phi) is 2.43. The standard InChI is InChI=1S/C16H19N5/c1-8-6-9(2)14(10(3)7-8)21-16-12(15(17)18-19-16)13(20-21)11-4-5-11/h6-7,11H,4-5H2,1-3H3,(H3,17,18,19). The molecule has 0 radical (unpaired) electrons. The first kappa shape index (κ1) is 12.4. The van der Waals surface area contributed by atoms with Crippen LogP contribution in [-0.4, -0.2) is 20.0 Å². The third-order valence-electron chi connectivity index (χ3n) is 4.25. The van der Waals surface area contributed by atoms with Crippen molar-refractivity contribution in [1.29, 1.82) is 0 Å². The van der Waals surface area contributed by atoms with E-state index in [-0.39, 0.29) is 0 Å². The van der Waals surface area contributed by atoms with E-state index in [0.29, 0.717) is 11.7 Å². The van der Waals surface area contributed by atoms with Gasteiger partial charge in [-0.2, -0.15) is 10.2 Å². The predicted molar refractivity (Wildman–Crippen MR) is 83.8 cm³/mol. The lowest BCUT2D eigenvalue weighted by Crippen LogP contribution is -2.04. The van der Waals surface area contributed by atoms with E-state index in [9.17, 15) is 0 Å². The maximum atomic E-state index is 6.06. The largest absolute Gasteiger partial charge is 0.383 e. The van der Waals surface area contributed by atoms with Crippen LogP contribution in [0.2, 0.25) is 0 Å². The van der Waals surface area contributed by atoms with Crippen molar-refractivity contribution in [2.45, 2.75) is 39.5 Å². The van der Waals surface area contributed by atoms with Crippen molar-refractivity contribution in [3.8, 4) is 5.69 Å². The topological polar surface area (TPSA) is 72.5 Å². The fraction of sp³-hybridized carbons (Fsp3) is 0.375. The lowest BCUT2D eigenvalue weighted by Gasteiger charge is -2.11. The minimum absolute atomic E-state index is 0.541. The molecule has 0 aliphatic heterocycles. The second-order valence-electron chi connectivity index (χ2n) is 6.15. The van der Waals surface area contributed by atoms with E-state index >= 15 is 0 Å². The summed E-state index contributed by atoms with van der Waals surface area (Å²) in [6.45, 7) is 6.36. The van der Waals surface area contributed by atoms with Gasteiger partial charge in [-0.15, -0.1) is 0 Å². The smallest absolute Gasteiger partial charge is 0.186 e. The zero-order chi connectivity index (χ0) is 14.7. The quantitative estimate of drug-likeness (QED) is 0.758. The van der Waals surface area contributed by atoms with Crippen LogP contribution in [0.15, 0.2) is 12.1 Å². The number of benzene rings is 1. The Morgan fingerprint density at radius 1 is 1.19 bits per heavy atom. The summed E-state index contributed by atoms with van der Waals surface area (Å²) >= 11 is 0. The first-order chi connectivity index (χ1) is 10.1. The third kappa shape index (κ3) is 1.77. The van der Waals surface area contributed by atoms with Gasteiger partial charge in [0.25, 0.3) is 0 Å². The first-order valence-electron chi connectivity index (χ1n) is 7.37. The molecule has 2 heterocycles. The van der Waals surface area contributed by atoms with Crippen LogP contribution >= 0.6 is 0 Å². The van der Waals surface area contributed by atoms with Crippen molar-refractivity contribution in [3.63, 3.8) is 0 Å². The zero-order valence-corrected chi connectivity index (χ0v) is 12.6. The highest BCUT2D eigenvalue weighted by Gasteiger charge is 2.31. The molecule has 1 saturated carbocycles. The zero-order valence-electron chi connectivity index (χ0n) is 12.6. The van der Waals surface area contributed by atoms with Crippen molar-refractivity contribution in [1.82, 2.24) is 20.0 Å². The summed E-state index contributed by atoms with van der Waals surface area (Å²) in [6, 6.07) is 4.37. The first-order valence-corrected chi connectivity index (χ1v) is 7.37. The molecule has 0 bridgehead atoms. The molecule has 108 valence electrons. The fourth-order valence-corrected chi connectivity index (χ4v) is 3.26. The minimum atomic E-state index is 0.541. The molecule has 21 heavy (non-hydrogen) atoms. The van der Waals surface area contributed by atoms with Crippen molar-refractivity contribution in [2.24, 2.45) is 0 Å². The molecular formula is C16H19N5. The Labute approximate surface area is 123 Å². The van der Waals surface area contributed by atoms with Crippen LogP contribution in [0.4, 0.5) is 5.82 Å². The normalized spacial score (nSPS) is 15.0. The monoisotopic (exact) mass is 281 g/mol. The van der Waals surface area contributed by atoms with Crippen LogP contribution in [0.25, 0.3) is 16.7 Å². The van der Waals surface area contributed by atoms with Crippen LogP contribution in [0.5, 0.6) is 0 Å². The number of hydrogen-bond acceptors (Lipinski definition) is 3. The van der Waals surface area contributed by atoms with Gasteiger partial charge >= 0.3 is 0 Å². The van der Waals surface area contributed by atoms with Gasteiger partial charge in [0.15, 0.2) is 5.65 Å². The SMILES string of the molecule is Cc1cc(C)c(-n2nc(C3CC3)c3c(N)[nH]nc32)c(C)c1. The van der Waals surface area contributed by atoms with E-state index in [1.54, 1.807) is 0 Å². The van der Waals surface area contributed by atoms with Gasteiger partial charge < -0.3 is 5.73 Å². The number of hydrogen-bond donors (Lipinski definition) is 2. The van der Waals surface area contributed by atoms with Crippen molar-refractivity contribution in [2.75, 3.05) is 5.73 Å². The number of aryl methyl sites for hydroxylation is 3. The number of anilines is 1. The number of nitrogens with zero attached hydrogens (tertiary/aromatic N) is 3. The van der Waals surface area contributed by atoms with Gasteiger partial charge in [0.05, 0.1) is 16.8 Å². The van der Waals surface area contributed by atoms with Gasteiger partial charge in [0, 0.05) is 5.92 Å². The fourth-order valence-electron chi connectivity index (χ4n) is 3.26. The number of nitrogens with two attached hydrogens (primary N) is 1. The molecule has 1 aromatic carbocycles. The third-order valence-corrected chi connectivity index (χ3v) is 4.25. The van der Waals surface area contributed by atoms with Crippen molar-refractivity contribution >= 4 is 16.9 Å². The van der Waals surface area contributed by atoms with Crippen LogP contribution in [-0.2, 0) is 0 Å². The van der Waals surface area contributed by atoms with E-state index < -0.39 is 0 Å². The van der Waals surface area contributed by atoms with Gasteiger partial charge in [-0.05, 0) is 44.7 Å². The molecule has 5 nitrogen and oxygen atoms in total. The maximum Gasteiger partial charge on any atom is 0.186 e. The van der Waals surface area contributed by atoms with E-state index in [2.05, 4.69) is 43.1 Å². The highest BCUT2D eigenvalue weighted by Crippen LogP contribution is 2.44. The predicted octanol–water partition coefficient (Wildman–Crippen LogP) is 3.13. The van der Waals surface area contributed by atoms with Crippen LogP contribution in [0, 0.1) is 20.8 Å². The number of aromatic amines is 1. The Hall–Kier alpha value is -2.30. The molecule has 5 heteroatoms. The molecule has 4 rings (SSSR count). The lowest BCUT2D eigenvalue weighted by atomic mass is 10.1. The van der Waals surface area contributed by atoms with Gasteiger partial charge in [0.2, 0.25) is 0 Å². The Bertz CT molecular complexity index is 828.